The second-order valence-electron chi connectivity index (χ2n) is 4.10. The van der Waals surface area contributed by atoms with Crippen LogP contribution in [-0.2, 0) is 0 Å². The van der Waals surface area contributed by atoms with E-state index in [0.717, 1.165) is 24.2 Å². The van der Waals surface area contributed by atoms with Gasteiger partial charge in [-0.2, -0.15) is 0 Å². The van der Waals surface area contributed by atoms with Crippen LogP contribution in [0, 0.1) is 5.92 Å². The number of anilines is 1. The lowest BCUT2D eigenvalue weighted by atomic mass is 10.1. The van der Waals surface area contributed by atoms with Crippen LogP contribution in [0.5, 0.6) is 0 Å². The Morgan fingerprint density at radius 3 is 3.06 bits per heavy atom. The monoisotopic (exact) mass is 232 g/mol. The van der Waals surface area contributed by atoms with Gasteiger partial charge in [-0.05, 0) is 24.5 Å². The molecule has 0 radical (unpaired) electrons. The number of rotatable bonds is 5. The first-order chi connectivity index (χ1) is 8.31. The van der Waals surface area contributed by atoms with Crippen molar-refractivity contribution in [3.8, 4) is 0 Å². The molecule has 0 aliphatic heterocycles. The molecule has 1 unspecified atom stereocenters. The molecule has 0 aromatic carbocycles. The molecule has 5 nitrogen and oxygen atoms in total. The van der Waals surface area contributed by atoms with Gasteiger partial charge in [0, 0.05) is 19.3 Å². The summed E-state index contributed by atoms with van der Waals surface area (Å²) in [4.78, 5) is 12.5. The molecule has 0 aliphatic rings. The van der Waals surface area contributed by atoms with Crippen LogP contribution in [0.25, 0.3) is 11.0 Å². The van der Waals surface area contributed by atoms with Gasteiger partial charge < -0.3 is 10.4 Å². The molecule has 0 saturated carbocycles. The van der Waals surface area contributed by atoms with E-state index in [4.69, 9.17) is 5.11 Å². The number of aliphatic hydroxyl groups excluding tert-OH is 1. The van der Waals surface area contributed by atoms with Crippen LogP contribution in [0.2, 0.25) is 0 Å². The Kier molecular flexibility index (Phi) is 3.82. The number of hydrogen-bond acceptors (Lipinski definition) is 5. The van der Waals surface area contributed by atoms with Crippen LogP contribution >= 0.6 is 0 Å². The molecule has 0 bridgehead atoms. The molecule has 0 aliphatic carbocycles. The second kappa shape index (κ2) is 5.54. The number of hydrogen-bond donors (Lipinski definition) is 2. The number of nitrogens with one attached hydrogen (secondary N) is 1. The standard InChI is InChI=1S/C12H16N4O/c1-9(4-6-17)7-14-12-10-3-2-5-13-11(10)15-8-16-12/h2-3,5,8-9,17H,4,6-7H2,1H3,(H,13,14,15,16). The van der Waals surface area contributed by atoms with Gasteiger partial charge >= 0.3 is 0 Å². The molecule has 90 valence electrons. The number of aliphatic hydroxyl groups is 1. The van der Waals surface area contributed by atoms with Gasteiger partial charge in [0.1, 0.15) is 12.1 Å². The Morgan fingerprint density at radius 2 is 2.24 bits per heavy atom. The lowest BCUT2D eigenvalue weighted by molar-refractivity contribution is 0.266. The van der Waals surface area contributed by atoms with Crippen LogP contribution in [0.1, 0.15) is 13.3 Å². The highest BCUT2D eigenvalue weighted by Crippen LogP contribution is 2.16. The summed E-state index contributed by atoms with van der Waals surface area (Å²) in [6, 6.07) is 3.81. The van der Waals surface area contributed by atoms with Crippen molar-refractivity contribution >= 4 is 16.9 Å². The topological polar surface area (TPSA) is 70.9 Å². The predicted octanol–water partition coefficient (Wildman–Crippen LogP) is 1.46. The van der Waals surface area contributed by atoms with E-state index in [0.29, 0.717) is 11.6 Å². The van der Waals surface area contributed by atoms with Crippen LogP contribution in [0.15, 0.2) is 24.7 Å². The summed E-state index contributed by atoms with van der Waals surface area (Å²) in [5, 5.41) is 13.0. The van der Waals surface area contributed by atoms with Crippen molar-refractivity contribution in [2.75, 3.05) is 18.5 Å². The average Bonchev–Trinajstić information content (AvgIpc) is 2.36. The molecule has 2 aromatic heterocycles. The van der Waals surface area contributed by atoms with Gasteiger partial charge in [0.15, 0.2) is 5.65 Å². The van der Waals surface area contributed by atoms with E-state index in [9.17, 15) is 0 Å². The number of pyridine rings is 1. The van der Waals surface area contributed by atoms with Crippen molar-refractivity contribution in [1.29, 1.82) is 0 Å². The normalized spacial score (nSPS) is 12.6. The zero-order chi connectivity index (χ0) is 12.1. The Hall–Kier alpha value is -1.75. The van der Waals surface area contributed by atoms with Crippen LogP contribution in [-0.4, -0.2) is 33.2 Å². The first-order valence-corrected chi connectivity index (χ1v) is 5.71. The lowest BCUT2D eigenvalue weighted by Crippen LogP contribution is -2.13. The van der Waals surface area contributed by atoms with Gasteiger partial charge in [-0.15, -0.1) is 0 Å². The Labute approximate surface area is 99.9 Å². The Balaban J connectivity index is 2.13. The highest BCUT2D eigenvalue weighted by Gasteiger charge is 2.05. The van der Waals surface area contributed by atoms with Crippen molar-refractivity contribution in [2.45, 2.75) is 13.3 Å². The van der Waals surface area contributed by atoms with E-state index >= 15 is 0 Å². The van der Waals surface area contributed by atoms with E-state index in [-0.39, 0.29) is 6.61 Å². The minimum atomic E-state index is 0.217. The maximum absolute atomic E-state index is 8.84. The second-order valence-corrected chi connectivity index (χ2v) is 4.10. The zero-order valence-electron chi connectivity index (χ0n) is 9.80. The fourth-order valence-corrected chi connectivity index (χ4v) is 1.63. The maximum Gasteiger partial charge on any atom is 0.164 e. The lowest BCUT2D eigenvalue weighted by Gasteiger charge is -2.12. The summed E-state index contributed by atoms with van der Waals surface area (Å²) in [6.07, 6.45) is 4.01. The Bertz CT molecular complexity index is 483. The van der Waals surface area contributed by atoms with E-state index in [1.807, 2.05) is 12.1 Å². The third-order valence-corrected chi connectivity index (χ3v) is 2.65. The summed E-state index contributed by atoms with van der Waals surface area (Å²) in [7, 11) is 0. The van der Waals surface area contributed by atoms with Crippen molar-refractivity contribution in [1.82, 2.24) is 15.0 Å². The van der Waals surface area contributed by atoms with Gasteiger partial charge in [-0.25, -0.2) is 15.0 Å². The van der Waals surface area contributed by atoms with Gasteiger partial charge in [0.25, 0.3) is 0 Å². The predicted molar refractivity (Wildman–Crippen MR) is 66.7 cm³/mol. The summed E-state index contributed by atoms with van der Waals surface area (Å²) in [5.74, 6) is 1.20. The van der Waals surface area contributed by atoms with E-state index in [2.05, 4.69) is 27.2 Å². The van der Waals surface area contributed by atoms with Crippen LogP contribution in [0.4, 0.5) is 5.82 Å². The van der Waals surface area contributed by atoms with Gasteiger partial charge in [-0.1, -0.05) is 6.92 Å². The first-order valence-electron chi connectivity index (χ1n) is 5.71. The minimum absolute atomic E-state index is 0.217. The molecule has 1 atom stereocenters. The molecule has 17 heavy (non-hydrogen) atoms. The summed E-state index contributed by atoms with van der Waals surface area (Å²) >= 11 is 0. The largest absolute Gasteiger partial charge is 0.396 e. The van der Waals surface area contributed by atoms with Gasteiger partial charge in [0.05, 0.1) is 5.39 Å². The third-order valence-electron chi connectivity index (χ3n) is 2.65. The fourth-order valence-electron chi connectivity index (χ4n) is 1.63. The molecule has 2 aromatic rings. The van der Waals surface area contributed by atoms with E-state index < -0.39 is 0 Å². The van der Waals surface area contributed by atoms with Gasteiger partial charge in [0.2, 0.25) is 0 Å². The average molecular weight is 232 g/mol. The van der Waals surface area contributed by atoms with Crippen molar-refractivity contribution in [3.05, 3.63) is 24.7 Å². The molecule has 0 spiro atoms. The molecule has 0 amide bonds. The summed E-state index contributed by atoms with van der Waals surface area (Å²) in [5.41, 5.74) is 0.694. The number of fused-ring (bicyclic) bond motifs is 1. The summed E-state index contributed by atoms with van der Waals surface area (Å²) in [6.45, 7) is 3.08. The first kappa shape index (κ1) is 11.7. The van der Waals surface area contributed by atoms with Crippen LogP contribution in [0.3, 0.4) is 0 Å². The zero-order valence-corrected chi connectivity index (χ0v) is 9.80. The fraction of sp³-hybridized carbons (Fsp3) is 0.417. The highest BCUT2D eigenvalue weighted by molar-refractivity contribution is 5.85. The van der Waals surface area contributed by atoms with E-state index in [1.54, 1.807) is 6.20 Å². The smallest absolute Gasteiger partial charge is 0.164 e. The van der Waals surface area contributed by atoms with Crippen molar-refractivity contribution < 1.29 is 5.11 Å². The molecule has 2 rings (SSSR count). The number of nitrogens with zero attached hydrogens (tertiary/aromatic N) is 3. The third kappa shape index (κ3) is 2.88. The molecule has 0 fully saturated rings. The number of aromatic nitrogens is 3. The molecule has 2 heterocycles. The summed E-state index contributed by atoms with van der Waals surface area (Å²) < 4.78 is 0. The quantitative estimate of drug-likeness (QED) is 0.816. The van der Waals surface area contributed by atoms with Crippen molar-refractivity contribution in [2.24, 2.45) is 5.92 Å². The molecular formula is C12H16N4O. The van der Waals surface area contributed by atoms with Gasteiger partial charge in [-0.3, -0.25) is 0 Å². The van der Waals surface area contributed by atoms with Crippen molar-refractivity contribution in [3.63, 3.8) is 0 Å². The molecule has 0 saturated heterocycles. The SMILES string of the molecule is CC(CCO)CNc1ncnc2ncccc12. The maximum atomic E-state index is 8.84. The van der Waals surface area contributed by atoms with Crippen LogP contribution < -0.4 is 5.32 Å². The highest BCUT2D eigenvalue weighted by atomic mass is 16.3. The molecule has 5 heteroatoms. The minimum Gasteiger partial charge on any atom is -0.396 e. The Morgan fingerprint density at radius 1 is 1.35 bits per heavy atom. The van der Waals surface area contributed by atoms with E-state index in [1.165, 1.54) is 6.33 Å². The molecular weight excluding hydrogens is 216 g/mol. The molecule has 2 N–H and O–H groups in total.